The van der Waals surface area contributed by atoms with Crippen LogP contribution in [0.3, 0.4) is 0 Å². The maximum atomic E-state index is 5.41. The van der Waals surface area contributed by atoms with E-state index in [9.17, 15) is 0 Å². The van der Waals surface area contributed by atoms with Gasteiger partial charge >= 0.3 is 0 Å². The van der Waals surface area contributed by atoms with Crippen molar-refractivity contribution in [3.8, 4) is 0 Å². The predicted octanol–water partition coefficient (Wildman–Crippen LogP) is 1.20. The van der Waals surface area contributed by atoms with E-state index in [4.69, 9.17) is 14.2 Å². The van der Waals surface area contributed by atoms with Crippen LogP contribution in [0.5, 0.6) is 0 Å². The highest BCUT2D eigenvalue weighted by atomic mass is 16.7. The molecule has 0 amide bonds. The second-order valence-corrected chi connectivity index (χ2v) is 2.75. The average Bonchev–Trinajstić information content (AvgIpc) is 2.19. The smallest absolute Gasteiger partial charge is 0.194 e. The van der Waals surface area contributed by atoms with E-state index in [1.807, 2.05) is 13.8 Å². The zero-order chi connectivity index (χ0) is 9.52. The van der Waals surface area contributed by atoms with Crippen molar-refractivity contribution in [3.05, 3.63) is 0 Å². The lowest BCUT2D eigenvalue weighted by molar-refractivity contribution is -0.186. The van der Waals surface area contributed by atoms with Crippen LogP contribution in [-0.4, -0.2) is 38.6 Å². The Labute approximate surface area is 78.9 Å². The number of ether oxygens (including phenoxy) is 3. The molecule has 1 aliphatic heterocycles. The average molecular weight is 187 g/mol. The van der Waals surface area contributed by atoms with Crippen molar-refractivity contribution < 1.29 is 14.2 Å². The van der Waals surface area contributed by atoms with E-state index in [2.05, 4.69) is 4.99 Å². The summed E-state index contributed by atoms with van der Waals surface area (Å²) < 4.78 is 16.1. The van der Waals surface area contributed by atoms with Crippen LogP contribution in [0, 0.1) is 0 Å². The first kappa shape index (κ1) is 10.5. The summed E-state index contributed by atoms with van der Waals surface area (Å²) in [5, 5.41) is 0. The Kier molecular flexibility index (Phi) is 4.78. The van der Waals surface area contributed by atoms with Gasteiger partial charge in [-0.15, -0.1) is 0 Å². The van der Waals surface area contributed by atoms with Crippen LogP contribution in [0.25, 0.3) is 0 Å². The fourth-order valence-corrected chi connectivity index (χ4v) is 1.24. The highest BCUT2D eigenvalue weighted by Gasteiger charge is 2.24. The molecular formula is C9H17NO3. The first-order valence-electron chi connectivity index (χ1n) is 4.75. The molecule has 1 heterocycles. The van der Waals surface area contributed by atoms with Gasteiger partial charge in [-0.3, -0.25) is 4.99 Å². The molecule has 0 saturated carbocycles. The van der Waals surface area contributed by atoms with Gasteiger partial charge in [0.1, 0.15) is 0 Å². The van der Waals surface area contributed by atoms with Gasteiger partial charge in [-0.25, -0.2) is 0 Å². The maximum absolute atomic E-state index is 5.41. The Hall–Kier alpha value is -0.610. The van der Waals surface area contributed by atoms with Crippen molar-refractivity contribution >= 4 is 6.40 Å². The summed E-state index contributed by atoms with van der Waals surface area (Å²) in [6, 6.07) is 0. The molecule has 4 nitrogen and oxygen atoms in total. The number of rotatable bonds is 5. The third kappa shape index (κ3) is 3.32. The van der Waals surface area contributed by atoms with Crippen LogP contribution in [0.1, 0.15) is 20.3 Å². The molecule has 0 saturated heterocycles. The van der Waals surface area contributed by atoms with Crippen molar-refractivity contribution in [2.75, 3.05) is 19.8 Å². The predicted molar refractivity (Wildman–Crippen MR) is 49.9 cm³/mol. The van der Waals surface area contributed by atoms with Crippen molar-refractivity contribution in [1.29, 1.82) is 0 Å². The zero-order valence-electron chi connectivity index (χ0n) is 8.23. The van der Waals surface area contributed by atoms with Gasteiger partial charge in [0.2, 0.25) is 0 Å². The Bertz CT molecular complexity index is 155. The van der Waals surface area contributed by atoms with E-state index in [1.165, 1.54) is 6.40 Å². The molecular weight excluding hydrogens is 170 g/mol. The number of hydrogen-bond acceptors (Lipinski definition) is 4. The van der Waals surface area contributed by atoms with Crippen LogP contribution >= 0.6 is 0 Å². The molecule has 1 unspecified atom stereocenters. The first-order chi connectivity index (χ1) is 6.38. The van der Waals surface area contributed by atoms with Crippen LogP contribution in [0.4, 0.5) is 0 Å². The van der Waals surface area contributed by atoms with Gasteiger partial charge in [-0.2, -0.15) is 0 Å². The van der Waals surface area contributed by atoms with Gasteiger partial charge in [0, 0.05) is 26.2 Å². The molecule has 13 heavy (non-hydrogen) atoms. The Morgan fingerprint density at radius 1 is 1.46 bits per heavy atom. The zero-order valence-corrected chi connectivity index (χ0v) is 8.23. The molecule has 0 aromatic carbocycles. The van der Waals surface area contributed by atoms with E-state index in [-0.39, 0.29) is 12.4 Å². The second-order valence-electron chi connectivity index (χ2n) is 2.75. The van der Waals surface area contributed by atoms with Crippen LogP contribution in [0.15, 0.2) is 4.99 Å². The minimum absolute atomic E-state index is 0.00241. The molecule has 1 atom stereocenters. The third-order valence-corrected chi connectivity index (χ3v) is 1.82. The Balaban J connectivity index is 2.37. The largest absolute Gasteiger partial charge is 0.475 e. The van der Waals surface area contributed by atoms with E-state index < -0.39 is 0 Å². The standard InChI is InChI=1S/C9H17NO3/c1-3-11-9(12-4-2)8-5-6-10-7-13-8/h7-9H,3-6H2,1-2H3. The molecule has 0 aromatic heterocycles. The van der Waals surface area contributed by atoms with Crippen molar-refractivity contribution in [2.24, 2.45) is 4.99 Å². The minimum atomic E-state index is -0.248. The van der Waals surface area contributed by atoms with Gasteiger partial charge < -0.3 is 14.2 Å². The molecule has 0 fully saturated rings. The quantitative estimate of drug-likeness (QED) is 0.607. The topological polar surface area (TPSA) is 40.0 Å². The number of hydrogen-bond donors (Lipinski definition) is 0. The van der Waals surface area contributed by atoms with Gasteiger partial charge in [0.25, 0.3) is 0 Å². The monoisotopic (exact) mass is 187 g/mol. The molecule has 0 bridgehead atoms. The molecule has 0 aromatic rings. The summed E-state index contributed by atoms with van der Waals surface area (Å²) in [5.74, 6) is 0. The third-order valence-electron chi connectivity index (χ3n) is 1.82. The lowest BCUT2D eigenvalue weighted by Crippen LogP contribution is -2.36. The Morgan fingerprint density at radius 3 is 2.62 bits per heavy atom. The molecule has 0 radical (unpaired) electrons. The van der Waals surface area contributed by atoms with Gasteiger partial charge in [-0.1, -0.05) is 0 Å². The number of nitrogens with zero attached hydrogens (tertiary/aromatic N) is 1. The van der Waals surface area contributed by atoms with Gasteiger partial charge in [0.05, 0.1) is 0 Å². The van der Waals surface area contributed by atoms with Gasteiger partial charge in [0.15, 0.2) is 18.8 Å². The summed E-state index contributed by atoms with van der Waals surface area (Å²) in [5.41, 5.74) is 0. The van der Waals surface area contributed by atoms with Crippen LogP contribution in [-0.2, 0) is 14.2 Å². The minimum Gasteiger partial charge on any atom is -0.475 e. The molecule has 76 valence electrons. The Morgan fingerprint density at radius 2 is 2.15 bits per heavy atom. The maximum Gasteiger partial charge on any atom is 0.194 e. The van der Waals surface area contributed by atoms with E-state index in [0.717, 1.165) is 13.0 Å². The molecule has 0 spiro atoms. The molecule has 0 N–H and O–H groups in total. The first-order valence-corrected chi connectivity index (χ1v) is 4.75. The highest BCUT2D eigenvalue weighted by molar-refractivity contribution is 5.47. The lowest BCUT2D eigenvalue weighted by Gasteiger charge is -2.27. The lowest BCUT2D eigenvalue weighted by atomic mass is 10.2. The summed E-state index contributed by atoms with van der Waals surface area (Å²) in [6.45, 7) is 5.97. The molecule has 4 heteroatoms. The number of aliphatic imine (C=N–C) groups is 1. The summed E-state index contributed by atoms with van der Waals surface area (Å²) in [7, 11) is 0. The van der Waals surface area contributed by atoms with Crippen molar-refractivity contribution in [2.45, 2.75) is 32.7 Å². The normalized spacial score (nSPS) is 21.9. The summed E-state index contributed by atoms with van der Waals surface area (Å²) >= 11 is 0. The van der Waals surface area contributed by atoms with Gasteiger partial charge in [-0.05, 0) is 13.8 Å². The fraction of sp³-hybridized carbons (Fsp3) is 0.889. The van der Waals surface area contributed by atoms with E-state index in [0.29, 0.717) is 13.2 Å². The van der Waals surface area contributed by atoms with Crippen LogP contribution < -0.4 is 0 Å². The second kappa shape index (κ2) is 5.94. The molecule has 1 rings (SSSR count). The van der Waals surface area contributed by atoms with Crippen LogP contribution in [0.2, 0.25) is 0 Å². The SMILES string of the molecule is CCOC(OCC)C1CCN=CO1. The molecule has 1 aliphatic rings. The summed E-state index contributed by atoms with van der Waals surface area (Å²) in [6.07, 6.45) is 2.10. The van der Waals surface area contributed by atoms with E-state index >= 15 is 0 Å². The fourth-order valence-electron chi connectivity index (χ4n) is 1.24. The van der Waals surface area contributed by atoms with E-state index in [1.54, 1.807) is 0 Å². The van der Waals surface area contributed by atoms with Crippen molar-refractivity contribution in [3.63, 3.8) is 0 Å². The molecule has 0 aliphatic carbocycles. The highest BCUT2D eigenvalue weighted by Crippen LogP contribution is 2.12. The summed E-state index contributed by atoms with van der Waals surface area (Å²) in [4.78, 5) is 3.97. The van der Waals surface area contributed by atoms with Crippen molar-refractivity contribution in [1.82, 2.24) is 0 Å².